The van der Waals surface area contributed by atoms with Crippen molar-refractivity contribution in [3.8, 4) is 0 Å². The summed E-state index contributed by atoms with van der Waals surface area (Å²) < 4.78 is 27.5. The maximum atomic E-state index is 12.4. The minimum atomic E-state index is -3.65. The lowest BCUT2D eigenvalue weighted by atomic mass is 9.99. The van der Waals surface area contributed by atoms with E-state index in [0.29, 0.717) is 24.4 Å². The van der Waals surface area contributed by atoms with Gasteiger partial charge in [0.05, 0.1) is 14.9 Å². The molecule has 0 unspecified atom stereocenters. The summed E-state index contributed by atoms with van der Waals surface area (Å²) in [4.78, 5) is 10.6. The van der Waals surface area contributed by atoms with Crippen LogP contribution >= 0.6 is 23.2 Å². The molecule has 0 amide bonds. The molecule has 1 aromatic carbocycles. The van der Waals surface area contributed by atoms with E-state index < -0.39 is 16.0 Å². The molecule has 1 atom stereocenters. The maximum absolute atomic E-state index is 12.4. The van der Waals surface area contributed by atoms with Gasteiger partial charge in [-0.05, 0) is 49.8 Å². The first kappa shape index (κ1) is 21.0. The third-order valence-electron chi connectivity index (χ3n) is 4.21. The highest BCUT2D eigenvalue weighted by Gasteiger charge is 2.22. The minimum Gasteiger partial charge on any atom is -0.481 e. The molecule has 2 rings (SSSR count). The Kier molecular flexibility index (Phi) is 7.70. The number of nitrogens with one attached hydrogen (secondary N) is 1. The Labute approximate surface area is 163 Å². The lowest BCUT2D eigenvalue weighted by Crippen LogP contribution is -2.29. The van der Waals surface area contributed by atoms with Crippen LogP contribution in [0.25, 0.3) is 0 Å². The molecule has 5 nitrogen and oxygen atoms in total. The van der Waals surface area contributed by atoms with Crippen LogP contribution in [0.4, 0.5) is 0 Å². The van der Waals surface area contributed by atoms with Gasteiger partial charge in [-0.2, -0.15) is 0 Å². The van der Waals surface area contributed by atoms with Crippen molar-refractivity contribution < 1.29 is 18.3 Å². The molecule has 0 heterocycles. The normalized spacial score (nSPS) is 17.6. The van der Waals surface area contributed by atoms with Gasteiger partial charge in [-0.3, -0.25) is 4.79 Å². The first-order valence-electron chi connectivity index (χ1n) is 8.30. The van der Waals surface area contributed by atoms with Crippen molar-refractivity contribution in [2.24, 2.45) is 5.92 Å². The van der Waals surface area contributed by atoms with E-state index in [-0.39, 0.29) is 22.3 Å². The van der Waals surface area contributed by atoms with Crippen molar-refractivity contribution in [3.63, 3.8) is 0 Å². The molecule has 0 aromatic heterocycles. The van der Waals surface area contributed by atoms with Crippen molar-refractivity contribution >= 4 is 39.2 Å². The maximum Gasteiger partial charge on any atom is 0.303 e. The molecule has 8 heteroatoms. The first-order valence-corrected chi connectivity index (χ1v) is 10.5. The number of rotatable bonds is 9. The van der Waals surface area contributed by atoms with Crippen LogP contribution < -0.4 is 4.72 Å². The van der Waals surface area contributed by atoms with Gasteiger partial charge in [0.1, 0.15) is 0 Å². The largest absolute Gasteiger partial charge is 0.481 e. The molecule has 142 valence electrons. The van der Waals surface area contributed by atoms with Gasteiger partial charge in [-0.15, -0.1) is 0 Å². The second-order valence-corrected chi connectivity index (χ2v) is 8.67. The molecule has 1 aromatic rings. The Morgan fingerprint density at radius 1 is 1.27 bits per heavy atom. The third kappa shape index (κ3) is 6.13. The van der Waals surface area contributed by atoms with Crippen molar-refractivity contribution in [2.45, 2.75) is 37.0 Å². The Morgan fingerprint density at radius 3 is 2.73 bits per heavy atom. The van der Waals surface area contributed by atoms with E-state index in [4.69, 9.17) is 28.3 Å². The smallest absolute Gasteiger partial charge is 0.303 e. The number of carbonyl (C=O) groups is 1. The van der Waals surface area contributed by atoms with Gasteiger partial charge in [-0.25, -0.2) is 13.1 Å². The molecule has 2 N–H and O–H groups in total. The topological polar surface area (TPSA) is 83.5 Å². The lowest BCUT2D eigenvalue weighted by molar-refractivity contribution is -0.136. The summed E-state index contributed by atoms with van der Waals surface area (Å²) in [5.41, 5.74) is 1.17. The number of carboxylic acids is 1. The molecule has 26 heavy (non-hydrogen) atoms. The summed E-state index contributed by atoms with van der Waals surface area (Å²) in [5.74, 6) is -0.680. The summed E-state index contributed by atoms with van der Waals surface area (Å²) >= 11 is 11.7. The number of halogens is 2. The molecule has 1 aliphatic rings. The van der Waals surface area contributed by atoms with Crippen LogP contribution in [0.5, 0.6) is 0 Å². The Hall–Kier alpha value is -1.34. The van der Waals surface area contributed by atoms with E-state index >= 15 is 0 Å². The van der Waals surface area contributed by atoms with E-state index in [1.54, 1.807) is 0 Å². The summed E-state index contributed by atoms with van der Waals surface area (Å²) in [6.07, 6.45) is 9.04. The highest BCUT2D eigenvalue weighted by Crippen LogP contribution is 2.29. The van der Waals surface area contributed by atoms with E-state index in [2.05, 4.69) is 10.8 Å². The molecule has 0 saturated carbocycles. The summed E-state index contributed by atoms with van der Waals surface area (Å²) in [5, 5.41) is 9.12. The van der Waals surface area contributed by atoms with Gasteiger partial charge in [0.25, 0.3) is 0 Å². The van der Waals surface area contributed by atoms with Gasteiger partial charge < -0.3 is 5.11 Å². The lowest BCUT2D eigenvalue weighted by Gasteiger charge is -2.15. The van der Waals surface area contributed by atoms with Gasteiger partial charge in [0.2, 0.25) is 10.0 Å². The number of benzene rings is 1. The second kappa shape index (κ2) is 9.55. The van der Waals surface area contributed by atoms with Gasteiger partial charge in [0, 0.05) is 13.0 Å². The number of hydrogen-bond donors (Lipinski definition) is 2. The monoisotopic (exact) mass is 417 g/mol. The fourth-order valence-electron chi connectivity index (χ4n) is 2.79. The zero-order chi connectivity index (χ0) is 19.2. The van der Waals surface area contributed by atoms with Crippen LogP contribution in [0.2, 0.25) is 10.0 Å². The first-order chi connectivity index (χ1) is 12.3. The van der Waals surface area contributed by atoms with E-state index in [0.717, 1.165) is 12.8 Å². The van der Waals surface area contributed by atoms with Gasteiger partial charge >= 0.3 is 5.97 Å². The number of aliphatic carboxylic acids is 1. The van der Waals surface area contributed by atoms with Crippen LogP contribution in [0.1, 0.15) is 32.1 Å². The molecule has 0 spiro atoms. The van der Waals surface area contributed by atoms with Crippen molar-refractivity contribution in [1.29, 1.82) is 0 Å². The second-order valence-electron chi connectivity index (χ2n) is 6.09. The standard InChI is InChI=1S/C18H21Cl2NO4S/c19-16-10-9-15(11-17(16)20)26(24,25)21-12-14-7-4-6-13(14)5-2-1-3-8-18(22)23/h1-2,6,9-11,14,21H,3-5,7-8,12H2,(H,22,23)/b2-1-/t14-/m1/s1. The zero-order valence-corrected chi connectivity index (χ0v) is 16.4. The summed E-state index contributed by atoms with van der Waals surface area (Å²) in [6.45, 7) is 0.317. The van der Waals surface area contributed by atoms with Crippen LogP contribution in [0.15, 0.2) is 46.9 Å². The summed E-state index contributed by atoms with van der Waals surface area (Å²) in [6, 6.07) is 4.22. The number of hydrogen-bond acceptors (Lipinski definition) is 3. The Morgan fingerprint density at radius 2 is 2.04 bits per heavy atom. The fourth-order valence-corrected chi connectivity index (χ4v) is 4.26. The molecule has 1 aliphatic carbocycles. The predicted octanol–water partition coefficient (Wildman–Crippen LogP) is 4.42. The SMILES string of the molecule is O=C(O)CC/C=C\CC1=CCC[C@@H]1CNS(=O)(=O)c1ccc(Cl)c(Cl)c1. The highest BCUT2D eigenvalue weighted by molar-refractivity contribution is 7.89. The number of sulfonamides is 1. The molecule has 0 radical (unpaired) electrons. The summed E-state index contributed by atoms with van der Waals surface area (Å²) in [7, 11) is -3.65. The zero-order valence-electron chi connectivity index (χ0n) is 14.1. The predicted molar refractivity (Wildman–Crippen MR) is 103 cm³/mol. The van der Waals surface area contributed by atoms with Crippen LogP contribution in [0.3, 0.4) is 0 Å². The van der Waals surface area contributed by atoms with E-state index in [1.807, 2.05) is 12.2 Å². The molecule has 0 saturated heterocycles. The molecule has 0 fully saturated rings. The molecule has 0 aliphatic heterocycles. The van der Waals surface area contributed by atoms with E-state index in [9.17, 15) is 13.2 Å². The Bertz CT molecular complexity index is 818. The Balaban J connectivity index is 1.90. The molecule has 0 bridgehead atoms. The molecular formula is C18H21Cl2NO4S. The number of allylic oxidation sites excluding steroid dienone is 3. The van der Waals surface area contributed by atoms with Crippen molar-refractivity contribution in [2.75, 3.05) is 6.54 Å². The van der Waals surface area contributed by atoms with E-state index in [1.165, 1.54) is 23.8 Å². The van der Waals surface area contributed by atoms with Gasteiger partial charge in [-0.1, -0.05) is 47.0 Å². The average Bonchev–Trinajstić information content (AvgIpc) is 3.02. The quantitative estimate of drug-likeness (QED) is 0.582. The number of carboxylic acid groups (broad SMARTS) is 1. The van der Waals surface area contributed by atoms with Crippen LogP contribution in [0, 0.1) is 5.92 Å². The third-order valence-corrected chi connectivity index (χ3v) is 6.37. The fraction of sp³-hybridized carbons (Fsp3) is 0.389. The van der Waals surface area contributed by atoms with Crippen molar-refractivity contribution in [3.05, 3.63) is 52.0 Å². The van der Waals surface area contributed by atoms with Crippen molar-refractivity contribution in [1.82, 2.24) is 4.72 Å². The van der Waals surface area contributed by atoms with Crippen LogP contribution in [-0.4, -0.2) is 26.0 Å². The molecular weight excluding hydrogens is 397 g/mol. The highest BCUT2D eigenvalue weighted by atomic mass is 35.5. The van der Waals surface area contributed by atoms with Crippen LogP contribution in [-0.2, 0) is 14.8 Å². The minimum absolute atomic E-state index is 0.0870. The van der Waals surface area contributed by atoms with Gasteiger partial charge in [0.15, 0.2) is 0 Å². The average molecular weight is 418 g/mol.